The number of hydrogen-bond donors (Lipinski definition) is 2. The number of rotatable bonds is 10. The maximum atomic E-state index is 12.6. The van der Waals surface area contributed by atoms with Crippen LogP contribution in [0.1, 0.15) is 25.3 Å². The molecule has 0 amide bonds. The monoisotopic (exact) mass is 700 g/mol. The zero-order valence-electron chi connectivity index (χ0n) is 28.3. The number of methoxy groups -OCH3 is 1. The Bertz CT molecular complexity index is 1730. The van der Waals surface area contributed by atoms with Gasteiger partial charge in [0.2, 0.25) is 16.0 Å². The lowest BCUT2D eigenvalue weighted by atomic mass is 9.99. The molecule has 3 aliphatic heterocycles. The third kappa shape index (κ3) is 7.31. The smallest absolute Gasteiger partial charge is 0.232 e. The van der Waals surface area contributed by atoms with Gasteiger partial charge in [-0.15, -0.1) is 0 Å². The first-order chi connectivity index (χ1) is 23.0. The number of hydrogen-bond acceptors (Lipinski definition) is 12. The first kappa shape index (κ1) is 34.2. The number of benzene rings is 2. The van der Waals surface area contributed by atoms with E-state index in [4.69, 9.17) is 25.8 Å². The van der Waals surface area contributed by atoms with Crippen LogP contribution in [-0.2, 0) is 16.4 Å². The highest BCUT2D eigenvalue weighted by Gasteiger charge is 2.29. The molecule has 3 aromatic rings. The lowest BCUT2D eigenvalue weighted by Crippen LogP contribution is -2.52. The Balaban J connectivity index is 1.23. The summed E-state index contributed by atoms with van der Waals surface area (Å²) in [4.78, 5) is 16.6. The van der Waals surface area contributed by atoms with Gasteiger partial charge >= 0.3 is 0 Å². The summed E-state index contributed by atoms with van der Waals surface area (Å²) in [5, 5.41) is 6.77. The maximum Gasteiger partial charge on any atom is 0.232 e. The van der Waals surface area contributed by atoms with Crippen molar-refractivity contribution in [3.05, 3.63) is 41.0 Å². The Morgan fingerprint density at radius 2 is 1.77 bits per heavy atom. The normalized spacial score (nSPS) is 17.7. The molecule has 0 radical (unpaired) electrons. The molecule has 0 bridgehead atoms. The van der Waals surface area contributed by atoms with E-state index in [0.29, 0.717) is 48.1 Å². The van der Waals surface area contributed by atoms with Gasteiger partial charge in [-0.05, 0) is 50.1 Å². The zero-order valence-corrected chi connectivity index (χ0v) is 29.8. The van der Waals surface area contributed by atoms with E-state index in [2.05, 4.69) is 61.4 Å². The molecule has 15 heteroatoms. The maximum absolute atomic E-state index is 12.6. The summed E-state index contributed by atoms with van der Waals surface area (Å²) in [6.07, 6.45) is 5.76. The fourth-order valence-corrected chi connectivity index (χ4v) is 7.21. The van der Waals surface area contributed by atoms with Crippen molar-refractivity contribution < 1.29 is 22.6 Å². The number of aromatic nitrogens is 2. The van der Waals surface area contributed by atoms with Gasteiger partial charge in [-0.1, -0.05) is 18.5 Å². The molecule has 48 heavy (non-hydrogen) atoms. The van der Waals surface area contributed by atoms with Gasteiger partial charge in [0.1, 0.15) is 29.7 Å². The Kier molecular flexibility index (Phi) is 10.3. The van der Waals surface area contributed by atoms with Gasteiger partial charge in [-0.25, -0.2) is 13.4 Å². The fourth-order valence-electron chi connectivity index (χ4n) is 6.56. The number of nitrogens with one attached hydrogen (secondary N) is 2. The molecule has 1 aromatic heterocycles. The van der Waals surface area contributed by atoms with Gasteiger partial charge in [-0.3, -0.25) is 9.21 Å². The van der Waals surface area contributed by atoms with Gasteiger partial charge in [-0.2, -0.15) is 4.98 Å². The number of piperidine rings is 1. The van der Waals surface area contributed by atoms with E-state index in [1.165, 1.54) is 24.5 Å². The molecule has 2 N–H and O–H groups in total. The van der Waals surface area contributed by atoms with Crippen molar-refractivity contribution in [2.75, 3.05) is 99.8 Å². The molecule has 0 aliphatic carbocycles. The third-order valence-corrected chi connectivity index (χ3v) is 10.8. The average Bonchev–Trinajstić information content (AvgIpc) is 3.09. The summed E-state index contributed by atoms with van der Waals surface area (Å²) in [6.45, 7) is 9.40. The lowest BCUT2D eigenvalue weighted by molar-refractivity contribution is 0.0982. The van der Waals surface area contributed by atoms with Gasteiger partial charge in [0.05, 0.1) is 30.9 Å². The first-order valence-corrected chi connectivity index (χ1v) is 18.6. The first-order valence-electron chi connectivity index (χ1n) is 16.4. The summed E-state index contributed by atoms with van der Waals surface area (Å²) in [5.74, 6) is 2.03. The van der Waals surface area contributed by atoms with Crippen molar-refractivity contribution in [3.63, 3.8) is 0 Å². The molecule has 2 saturated heterocycles. The minimum Gasteiger partial charge on any atom is -0.494 e. The molecule has 0 saturated carbocycles. The third-order valence-electron chi connectivity index (χ3n) is 9.38. The molecule has 3 aliphatic rings. The van der Waals surface area contributed by atoms with Crippen LogP contribution < -0.4 is 34.0 Å². The Hall–Kier alpha value is -3.72. The van der Waals surface area contributed by atoms with E-state index >= 15 is 0 Å². The predicted octanol–water partition coefficient (Wildman–Crippen LogP) is 4.57. The van der Waals surface area contributed by atoms with Crippen LogP contribution >= 0.6 is 11.6 Å². The lowest BCUT2D eigenvalue weighted by Gasteiger charge is -2.43. The van der Waals surface area contributed by atoms with Gasteiger partial charge in [0, 0.05) is 64.1 Å². The molecule has 0 atom stereocenters. The molecule has 2 aromatic carbocycles. The van der Waals surface area contributed by atoms with Crippen LogP contribution in [0.4, 0.5) is 34.5 Å². The number of piperazine rings is 1. The number of ether oxygens (including phenoxy) is 3. The molecule has 260 valence electrons. The van der Waals surface area contributed by atoms with Crippen molar-refractivity contribution >= 4 is 56.1 Å². The minimum atomic E-state index is -3.64. The van der Waals surface area contributed by atoms with Crippen molar-refractivity contribution in [1.29, 1.82) is 0 Å². The molecule has 0 spiro atoms. The Morgan fingerprint density at radius 3 is 2.46 bits per heavy atom. The number of halogens is 1. The number of sulfonamides is 1. The Morgan fingerprint density at radius 1 is 1.04 bits per heavy atom. The highest BCUT2D eigenvalue weighted by Crippen LogP contribution is 2.46. The second-order valence-electron chi connectivity index (χ2n) is 12.4. The van der Waals surface area contributed by atoms with Crippen LogP contribution in [0.15, 0.2) is 30.5 Å². The van der Waals surface area contributed by atoms with E-state index in [0.717, 1.165) is 74.8 Å². The molecular weight excluding hydrogens is 656 g/mol. The van der Waals surface area contributed by atoms with Crippen LogP contribution in [-0.4, -0.2) is 114 Å². The average molecular weight is 701 g/mol. The highest BCUT2D eigenvalue weighted by atomic mass is 35.5. The number of anilines is 6. The quantitative estimate of drug-likeness (QED) is 0.308. The second kappa shape index (κ2) is 14.4. The molecular formula is C33H45ClN8O5S. The summed E-state index contributed by atoms with van der Waals surface area (Å²) >= 11 is 6.56. The Labute approximate surface area is 288 Å². The van der Waals surface area contributed by atoms with E-state index in [-0.39, 0.29) is 16.5 Å². The molecule has 4 heterocycles. The van der Waals surface area contributed by atoms with E-state index in [1.54, 1.807) is 19.2 Å². The summed E-state index contributed by atoms with van der Waals surface area (Å²) in [6, 6.07) is 8.27. The van der Waals surface area contributed by atoms with Crippen LogP contribution in [0.3, 0.4) is 0 Å². The second-order valence-corrected chi connectivity index (χ2v) is 14.9. The van der Waals surface area contributed by atoms with Crippen molar-refractivity contribution in [2.24, 2.45) is 0 Å². The minimum absolute atomic E-state index is 0.250. The van der Waals surface area contributed by atoms with Crippen molar-refractivity contribution in [2.45, 2.75) is 32.2 Å². The number of aryl methyl sites for hydroxylation is 1. The van der Waals surface area contributed by atoms with Crippen LogP contribution in [0, 0.1) is 0 Å². The highest BCUT2D eigenvalue weighted by molar-refractivity contribution is 7.92. The number of likely N-dealkylation sites (N-methyl/N-ethyl adjacent to an activating group) is 1. The van der Waals surface area contributed by atoms with Gasteiger partial charge in [0.15, 0.2) is 17.3 Å². The van der Waals surface area contributed by atoms with Crippen LogP contribution in [0.2, 0.25) is 5.02 Å². The standard InChI is InChI=1S/C33H45ClN8O5S/c1-6-22-19-26(29(45-4)20-27(22)42-11-9-23(10-12-42)41-15-13-39(2)14-16-41)37-33-35-21-24(34)32(38-33)36-25-7-8-28-31(47-18-17-46-28)30(25)40(3)48(5,43)44/h7-8,19-21,23H,6,9-18H2,1-5H3,(H2,35,36,37,38). The molecule has 6 rings (SSSR count). The van der Waals surface area contributed by atoms with E-state index < -0.39 is 10.0 Å². The summed E-state index contributed by atoms with van der Waals surface area (Å²) in [7, 11) is 1.68. The van der Waals surface area contributed by atoms with Gasteiger partial charge in [0.25, 0.3) is 0 Å². The van der Waals surface area contributed by atoms with Crippen molar-refractivity contribution in [1.82, 2.24) is 19.8 Å². The summed E-state index contributed by atoms with van der Waals surface area (Å²) in [5.41, 5.74) is 3.84. The van der Waals surface area contributed by atoms with Crippen LogP contribution in [0.25, 0.3) is 0 Å². The van der Waals surface area contributed by atoms with E-state index in [1.807, 2.05) is 0 Å². The number of nitrogens with zero attached hydrogens (tertiary/aromatic N) is 6. The van der Waals surface area contributed by atoms with Gasteiger partial charge < -0.3 is 34.6 Å². The SMILES string of the molecule is CCc1cc(Nc2ncc(Cl)c(Nc3ccc4c(c3N(C)S(C)(=O)=O)OCCO4)n2)c(OC)cc1N1CCC(N2CCN(C)CC2)CC1. The molecule has 2 fully saturated rings. The molecule has 13 nitrogen and oxygen atoms in total. The number of fused-ring (bicyclic) bond motifs is 1. The van der Waals surface area contributed by atoms with Crippen LogP contribution in [0.5, 0.6) is 17.2 Å². The topological polar surface area (TPSA) is 125 Å². The fraction of sp³-hybridized carbons (Fsp3) is 0.515. The van der Waals surface area contributed by atoms with Crippen molar-refractivity contribution in [3.8, 4) is 17.2 Å². The summed E-state index contributed by atoms with van der Waals surface area (Å²) < 4.78 is 43.8. The zero-order chi connectivity index (χ0) is 34.0. The molecule has 0 unspecified atom stereocenters. The van der Waals surface area contributed by atoms with E-state index in [9.17, 15) is 8.42 Å². The predicted molar refractivity (Wildman–Crippen MR) is 191 cm³/mol. The largest absolute Gasteiger partial charge is 0.494 e.